The molecule has 2 heteroatoms. The van der Waals surface area contributed by atoms with Crippen molar-refractivity contribution in [2.24, 2.45) is 5.92 Å². The zero-order valence-electron chi connectivity index (χ0n) is 10.6. The summed E-state index contributed by atoms with van der Waals surface area (Å²) in [7, 11) is 0. The lowest BCUT2D eigenvalue weighted by atomic mass is 9.87. The van der Waals surface area contributed by atoms with Crippen LogP contribution < -0.4 is 0 Å². The summed E-state index contributed by atoms with van der Waals surface area (Å²) in [6.07, 6.45) is 10.7. The van der Waals surface area contributed by atoms with Gasteiger partial charge in [0.15, 0.2) is 0 Å². The molecule has 2 aliphatic rings. The molecule has 16 heavy (non-hydrogen) atoms. The molecule has 1 N–H and O–H groups in total. The quantitative estimate of drug-likeness (QED) is 0.779. The van der Waals surface area contributed by atoms with Gasteiger partial charge in [0.05, 0.1) is 11.7 Å². The van der Waals surface area contributed by atoms with E-state index >= 15 is 0 Å². The van der Waals surface area contributed by atoms with E-state index in [1.54, 1.807) is 0 Å². The molecule has 2 nitrogen and oxygen atoms in total. The molecule has 1 atom stereocenters. The Morgan fingerprint density at radius 3 is 2.38 bits per heavy atom. The fourth-order valence-electron chi connectivity index (χ4n) is 3.61. The Kier molecular flexibility index (Phi) is 4.26. The van der Waals surface area contributed by atoms with Crippen LogP contribution in [0.4, 0.5) is 0 Å². The third-order valence-corrected chi connectivity index (χ3v) is 4.52. The van der Waals surface area contributed by atoms with Crippen molar-refractivity contribution in [2.75, 3.05) is 6.61 Å². The van der Waals surface area contributed by atoms with Crippen molar-refractivity contribution in [3.8, 4) is 0 Å². The molecule has 0 amide bonds. The van der Waals surface area contributed by atoms with Crippen molar-refractivity contribution >= 4 is 0 Å². The molecule has 2 saturated carbocycles. The van der Waals surface area contributed by atoms with E-state index in [9.17, 15) is 5.11 Å². The van der Waals surface area contributed by atoms with Crippen LogP contribution in [0.5, 0.6) is 0 Å². The Balaban J connectivity index is 1.90. The van der Waals surface area contributed by atoms with Crippen LogP contribution >= 0.6 is 0 Å². The van der Waals surface area contributed by atoms with Crippen molar-refractivity contribution in [3.63, 3.8) is 0 Å². The normalized spacial score (nSPS) is 27.4. The van der Waals surface area contributed by atoms with Crippen molar-refractivity contribution in [2.45, 2.75) is 76.4 Å². The molecule has 0 aromatic rings. The molecule has 2 aliphatic carbocycles. The summed E-state index contributed by atoms with van der Waals surface area (Å²) >= 11 is 0. The highest BCUT2D eigenvalue weighted by molar-refractivity contribution is 4.94. The molecule has 0 bridgehead atoms. The van der Waals surface area contributed by atoms with Crippen molar-refractivity contribution < 1.29 is 9.84 Å². The summed E-state index contributed by atoms with van der Waals surface area (Å²) in [5.74, 6) is 0.757. The lowest BCUT2D eigenvalue weighted by molar-refractivity contribution is -0.122. The number of aliphatic hydroxyl groups is 1. The Labute approximate surface area is 99.4 Å². The minimum absolute atomic E-state index is 0.183. The average Bonchev–Trinajstić information content (AvgIpc) is 2.89. The molecule has 2 rings (SSSR count). The summed E-state index contributed by atoms with van der Waals surface area (Å²) < 4.78 is 5.91. The summed E-state index contributed by atoms with van der Waals surface area (Å²) in [6.45, 7) is 2.78. The maximum Gasteiger partial charge on any atom is 0.0940 e. The summed E-state index contributed by atoms with van der Waals surface area (Å²) in [5.41, 5.74) is -0.183. The van der Waals surface area contributed by atoms with Crippen LogP contribution in [0.2, 0.25) is 0 Å². The van der Waals surface area contributed by atoms with Crippen LogP contribution in [0.1, 0.15) is 64.7 Å². The molecular formula is C14H26O2. The van der Waals surface area contributed by atoms with E-state index < -0.39 is 0 Å². The topological polar surface area (TPSA) is 29.5 Å². The zero-order valence-corrected chi connectivity index (χ0v) is 10.6. The van der Waals surface area contributed by atoms with E-state index in [0.29, 0.717) is 0 Å². The lowest BCUT2D eigenvalue weighted by Gasteiger charge is -2.35. The second kappa shape index (κ2) is 5.50. The van der Waals surface area contributed by atoms with Gasteiger partial charge in [-0.3, -0.25) is 0 Å². The monoisotopic (exact) mass is 226 g/mol. The van der Waals surface area contributed by atoms with Gasteiger partial charge in [-0.1, -0.05) is 38.5 Å². The highest BCUT2D eigenvalue weighted by Gasteiger charge is 2.42. The van der Waals surface area contributed by atoms with Gasteiger partial charge in [0.1, 0.15) is 0 Å². The summed E-state index contributed by atoms with van der Waals surface area (Å²) in [4.78, 5) is 0. The van der Waals surface area contributed by atoms with E-state index in [4.69, 9.17) is 4.74 Å². The number of ether oxygens (including phenoxy) is 1. The highest BCUT2D eigenvalue weighted by Crippen LogP contribution is 2.40. The molecule has 0 saturated heterocycles. The average molecular weight is 226 g/mol. The maximum atomic E-state index is 10.5. The van der Waals surface area contributed by atoms with Crippen LogP contribution in [0.25, 0.3) is 0 Å². The minimum atomic E-state index is -0.224. The van der Waals surface area contributed by atoms with Gasteiger partial charge >= 0.3 is 0 Å². The van der Waals surface area contributed by atoms with Crippen LogP contribution in [-0.4, -0.2) is 23.4 Å². The molecule has 0 aromatic heterocycles. The molecule has 2 fully saturated rings. The number of hydrogen-bond donors (Lipinski definition) is 1. The van der Waals surface area contributed by atoms with Gasteiger partial charge in [-0.05, 0) is 32.1 Å². The van der Waals surface area contributed by atoms with Crippen molar-refractivity contribution in [1.82, 2.24) is 0 Å². The van der Waals surface area contributed by atoms with Gasteiger partial charge < -0.3 is 9.84 Å². The molecule has 1 unspecified atom stereocenters. The van der Waals surface area contributed by atoms with Crippen LogP contribution in [0.15, 0.2) is 0 Å². The van der Waals surface area contributed by atoms with Crippen LogP contribution in [-0.2, 0) is 4.74 Å². The van der Waals surface area contributed by atoms with Crippen LogP contribution in [0, 0.1) is 5.92 Å². The van der Waals surface area contributed by atoms with Gasteiger partial charge in [-0.25, -0.2) is 0 Å². The Bertz CT molecular complexity index is 203. The first-order valence-electron chi connectivity index (χ1n) is 7.09. The largest absolute Gasteiger partial charge is 0.390 e. The van der Waals surface area contributed by atoms with Gasteiger partial charge in [0.25, 0.3) is 0 Å². The molecule has 0 aromatic carbocycles. The molecular weight excluding hydrogens is 200 g/mol. The van der Waals surface area contributed by atoms with Gasteiger partial charge in [0, 0.05) is 6.61 Å². The standard InChI is InChI=1S/C14H26O2/c1-2-16-14(9-5-6-10-14)13(15)11-12-7-3-4-8-12/h12-13,15H,2-11H2,1H3. The minimum Gasteiger partial charge on any atom is -0.390 e. The first-order chi connectivity index (χ1) is 7.77. The smallest absolute Gasteiger partial charge is 0.0940 e. The van der Waals surface area contributed by atoms with E-state index in [-0.39, 0.29) is 11.7 Å². The third-order valence-electron chi connectivity index (χ3n) is 4.52. The second-order valence-corrected chi connectivity index (χ2v) is 5.61. The van der Waals surface area contributed by atoms with Gasteiger partial charge in [-0.2, -0.15) is 0 Å². The van der Waals surface area contributed by atoms with Crippen molar-refractivity contribution in [3.05, 3.63) is 0 Å². The predicted octanol–water partition coefficient (Wildman–Crippen LogP) is 3.28. The van der Waals surface area contributed by atoms with E-state index in [0.717, 1.165) is 31.8 Å². The van der Waals surface area contributed by atoms with E-state index in [2.05, 4.69) is 0 Å². The molecule has 0 radical (unpaired) electrons. The molecule has 0 aliphatic heterocycles. The number of aliphatic hydroxyl groups excluding tert-OH is 1. The van der Waals surface area contributed by atoms with Gasteiger partial charge in [0.2, 0.25) is 0 Å². The Morgan fingerprint density at radius 1 is 1.19 bits per heavy atom. The van der Waals surface area contributed by atoms with Gasteiger partial charge in [-0.15, -0.1) is 0 Å². The third kappa shape index (κ3) is 2.60. The second-order valence-electron chi connectivity index (χ2n) is 5.61. The summed E-state index contributed by atoms with van der Waals surface area (Å²) in [6, 6.07) is 0. The SMILES string of the molecule is CCOC1(C(O)CC2CCCC2)CCCC1. The molecule has 94 valence electrons. The maximum absolute atomic E-state index is 10.5. The molecule has 0 spiro atoms. The fourth-order valence-corrected chi connectivity index (χ4v) is 3.61. The van der Waals surface area contributed by atoms with E-state index in [1.165, 1.54) is 38.5 Å². The number of rotatable bonds is 5. The first-order valence-corrected chi connectivity index (χ1v) is 7.09. The number of hydrogen-bond acceptors (Lipinski definition) is 2. The molecule has 0 heterocycles. The fraction of sp³-hybridized carbons (Fsp3) is 1.00. The van der Waals surface area contributed by atoms with Crippen LogP contribution in [0.3, 0.4) is 0 Å². The first kappa shape index (κ1) is 12.4. The van der Waals surface area contributed by atoms with E-state index in [1.807, 2.05) is 6.92 Å². The Morgan fingerprint density at radius 2 is 1.81 bits per heavy atom. The highest BCUT2D eigenvalue weighted by atomic mass is 16.5. The van der Waals surface area contributed by atoms with Crippen molar-refractivity contribution in [1.29, 1.82) is 0 Å². The summed E-state index contributed by atoms with van der Waals surface area (Å²) in [5, 5.41) is 10.5. The zero-order chi connectivity index (χ0) is 11.4. The predicted molar refractivity (Wildman–Crippen MR) is 65.4 cm³/mol. The lowest BCUT2D eigenvalue weighted by Crippen LogP contribution is -2.43. The Hall–Kier alpha value is -0.0800.